The van der Waals surface area contributed by atoms with E-state index in [9.17, 15) is 4.79 Å². The second-order valence-corrected chi connectivity index (χ2v) is 6.62. The lowest BCUT2D eigenvalue weighted by Crippen LogP contribution is -2.31. The molecular weight excluding hydrogens is 272 g/mol. The zero-order chi connectivity index (χ0) is 15.9. The second-order valence-electron chi connectivity index (χ2n) is 6.62. The molecule has 1 atom stereocenters. The summed E-state index contributed by atoms with van der Waals surface area (Å²) in [5.41, 5.74) is 12.4. The van der Waals surface area contributed by atoms with Gasteiger partial charge in [0.05, 0.1) is 5.69 Å². The summed E-state index contributed by atoms with van der Waals surface area (Å²) < 4.78 is 1.91. The standard InChI is InChI=1S/C19H24N2O/c1-12-4-6-17(14(3)8-12)21-18-7-5-13(2)9-15(18)10-16(11-20)19(21)22/h4,6,8,10,13H,5,7,9,11,20H2,1-3H3. The molecule has 0 amide bonds. The summed E-state index contributed by atoms with van der Waals surface area (Å²) in [6, 6.07) is 8.30. The van der Waals surface area contributed by atoms with Crippen LogP contribution in [0, 0.1) is 19.8 Å². The van der Waals surface area contributed by atoms with Crippen LogP contribution in [0.2, 0.25) is 0 Å². The molecular formula is C19H24N2O. The molecule has 1 aliphatic rings. The van der Waals surface area contributed by atoms with Crippen molar-refractivity contribution in [1.82, 2.24) is 4.57 Å². The highest BCUT2D eigenvalue weighted by Gasteiger charge is 2.22. The highest BCUT2D eigenvalue weighted by atomic mass is 16.1. The first kappa shape index (κ1) is 15.0. The number of fused-ring (bicyclic) bond motifs is 1. The molecule has 0 bridgehead atoms. The largest absolute Gasteiger partial charge is 0.326 e. The molecule has 3 nitrogen and oxygen atoms in total. The predicted octanol–water partition coefficient (Wildman–Crippen LogP) is 3.04. The van der Waals surface area contributed by atoms with Gasteiger partial charge in [0.1, 0.15) is 0 Å². The van der Waals surface area contributed by atoms with E-state index in [1.54, 1.807) is 0 Å². The van der Waals surface area contributed by atoms with Crippen LogP contribution in [0.5, 0.6) is 0 Å². The Morgan fingerprint density at radius 3 is 2.73 bits per heavy atom. The SMILES string of the molecule is Cc1ccc(-n2c3c(cc(CN)c2=O)CC(C)CC3)c(C)c1. The minimum absolute atomic E-state index is 0.0442. The van der Waals surface area contributed by atoms with Gasteiger partial charge in [0, 0.05) is 17.8 Å². The average Bonchev–Trinajstić information content (AvgIpc) is 2.48. The van der Waals surface area contributed by atoms with Crippen LogP contribution in [0.25, 0.3) is 5.69 Å². The van der Waals surface area contributed by atoms with E-state index in [-0.39, 0.29) is 5.56 Å². The van der Waals surface area contributed by atoms with E-state index in [1.807, 2.05) is 10.6 Å². The maximum Gasteiger partial charge on any atom is 0.259 e. The molecule has 1 aliphatic carbocycles. The number of pyridine rings is 1. The van der Waals surface area contributed by atoms with Gasteiger partial charge in [-0.1, -0.05) is 24.6 Å². The predicted molar refractivity (Wildman–Crippen MR) is 90.6 cm³/mol. The van der Waals surface area contributed by atoms with Gasteiger partial charge in [0.2, 0.25) is 0 Å². The van der Waals surface area contributed by atoms with Gasteiger partial charge < -0.3 is 5.73 Å². The first-order valence-electron chi connectivity index (χ1n) is 8.05. The number of aryl methyl sites for hydroxylation is 2. The van der Waals surface area contributed by atoms with Gasteiger partial charge >= 0.3 is 0 Å². The van der Waals surface area contributed by atoms with E-state index in [2.05, 4.69) is 39.0 Å². The van der Waals surface area contributed by atoms with Crippen molar-refractivity contribution >= 4 is 0 Å². The van der Waals surface area contributed by atoms with Gasteiger partial charge in [-0.25, -0.2) is 0 Å². The number of benzene rings is 1. The first-order valence-corrected chi connectivity index (χ1v) is 8.05. The third kappa shape index (κ3) is 2.50. The van der Waals surface area contributed by atoms with E-state index in [4.69, 9.17) is 5.73 Å². The number of rotatable bonds is 2. The zero-order valence-electron chi connectivity index (χ0n) is 13.6. The van der Waals surface area contributed by atoms with Crippen molar-refractivity contribution < 1.29 is 0 Å². The van der Waals surface area contributed by atoms with Crippen LogP contribution in [0.3, 0.4) is 0 Å². The molecule has 0 radical (unpaired) electrons. The van der Waals surface area contributed by atoms with Crippen molar-refractivity contribution in [3.63, 3.8) is 0 Å². The molecule has 22 heavy (non-hydrogen) atoms. The number of nitrogens with zero attached hydrogens (tertiary/aromatic N) is 1. The summed E-state index contributed by atoms with van der Waals surface area (Å²) in [6.07, 6.45) is 3.14. The zero-order valence-corrected chi connectivity index (χ0v) is 13.6. The molecule has 0 fully saturated rings. The number of nitrogens with two attached hydrogens (primary N) is 1. The molecule has 0 saturated carbocycles. The van der Waals surface area contributed by atoms with Crippen molar-refractivity contribution in [3.05, 3.63) is 62.6 Å². The van der Waals surface area contributed by atoms with Crippen molar-refractivity contribution in [2.75, 3.05) is 0 Å². The third-order valence-corrected chi connectivity index (χ3v) is 4.72. The average molecular weight is 296 g/mol. The highest BCUT2D eigenvalue weighted by molar-refractivity contribution is 5.46. The van der Waals surface area contributed by atoms with E-state index in [0.29, 0.717) is 18.0 Å². The summed E-state index contributed by atoms with van der Waals surface area (Å²) in [5.74, 6) is 0.670. The Morgan fingerprint density at radius 1 is 1.27 bits per heavy atom. The lowest BCUT2D eigenvalue weighted by Gasteiger charge is -2.26. The van der Waals surface area contributed by atoms with E-state index < -0.39 is 0 Å². The van der Waals surface area contributed by atoms with E-state index in [0.717, 1.165) is 30.5 Å². The molecule has 3 rings (SSSR count). The van der Waals surface area contributed by atoms with Crippen LogP contribution in [0.4, 0.5) is 0 Å². The van der Waals surface area contributed by atoms with Crippen molar-refractivity contribution in [1.29, 1.82) is 0 Å². The van der Waals surface area contributed by atoms with Crippen LogP contribution in [0.15, 0.2) is 29.1 Å². The molecule has 0 aliphatic heterocycles. The Kier molecular flexibility index (Phi) is 3.92. The summed E-state index contributed by atoms with van der Waals surface area (Å²) in [5, 5.41) is 0. The summed E-state index contributed by atoms with van der Waals surface area (Å²) in [4.78, 5) is 12.9. The third-order valence-electron chi connectivity index (χ3n) is 4.72. The summed E-state index contributed by atoms with van der Waals surface area (Å²) >= 11 is 0. The molecule has 116 valence electrons. The first-order chi connectivity index (χ1) is 10.5. The van der Waals surface area contributed by atoms with Gasteiger partial charge in [-0.3, -0.25) is 9.36 Å². The summed E-state index contributed by atoms with van der Waals surface area (Å²) in [6.45, 7) is 6.72. The molecule has 0 saturated heterocycles. The molecule has 1 aromatic heterocycles. The number of hydrogen-bond donors (Lipinski definition) is 1. The summed E-state index contributed by atoms with van der Waals surface area (Å²) in [7, 11) is 0. The monoisotopic (exact) mass is 296 g/mol. The van der Waals surface area contributed by atoms with Crippen LogP contribution >= 0.6 is 0 Å². The number of hydrogen-bond acceptors (Lipinski definition) is 2. The van der Waals surface area contributed by atoms with Gasteiger partial charge in [-0.05, 0) is 62.3 Å². The molecule has 3 heteroatoms. The lowest BCUT2D eigenvalue weighted by molar-refractivity contribution is 0.485. The van der Waals surface area contributed by atoms with E-state index in [1.165, 1.54) is 16.8 Å². The molecule has 2 N–H and O–H groups in total. The smallest absolute Gasteiger partial charge is 0.259 e. The van der Waals surface area contributed by atoms with Crippen LogP contribution in [-0.4, -0.2) is 4.57 Å². The second kappa shape index (κ2) is 5.73. The maximum atomic E-state index is 12.9. The van der Waals surface area contributed by atoms with Gasteiger partial charge in [0.25, 0.3) is 5.56 Å². The van der Waals surface area contributed by atoms with Crippen molar-refractivity contribution in [2.24, 2.45) is 11.7 Å². The van der Waals surface area contributed by atoms with Crippen LogP contribution in [-0.2, 0) is 19.4 Å². The normalized spacial score (nSPS) is 17.4. The quantitative estimate of drug-likeness (QED) is 0.926. The van der Waals surface area contributed by atoms with Gasteiger partial charge in [-0.2, -0.15) is 0 Å². The molecule has 0 spiro atoms. The Balaban J connectivity index is 2.30. The molecule has 1 heterocycles. The van der Waals surface area contributed by atoms with Gasteiger partial charge in [0.15, 0.2) is 0 Å². The Labute approximate surface area is 131 Å². The molecule has 2 aromatic rings. The van der Waals surface area contributed by atoms with Crippen LogP contribution < -0.4 is 11.3 Å². The maximum absolute atomic E-state index is 12.9. The van der Waals surface area contributed by atoms with E-state index >= 15 is 0 Å². The molecule has 1 unspecified atom stereocenters. The van der Waals surface area contributed by atoms with Crippen molar-refractivity contribution in [3.8, 4) is 5.69 Å². The fraction of sp³-hybridized carbons (Fsp3) is 0.421. The Hall–Kier alpha value is -1.87. The molecule has 1 aromatic carbocycles. The van der Waals surface area contributed by atoms with Crippen LogP contribution in [0.1, 0.15) is 41.3 Å². The number of aromatic nitrogens is 1. The van der Waals surface area contributed by atoms with Gasteiger partial charge in [-0.15, -0.1) is 0 Å². The fourth-order valence-corrected chi connectivity index (χ4v) is 3.53. The lowest BCUT2D eigenvalue weighted by atomic mass is 9.86. The Morgan fingerprint density at radius 2 is 2.05 bits per heavy atom. The van der Waals surface area contributed by atoms with Crippen molar-refractivity contribution in [2.45, 2.75) is 46.6 Å². The Bertz CT molecular complexity index is 774. The minimum atomic E-state index is 0.0442. The topological polar surface area (TPSA) is 48.0 Å². The fourth-order valence-electron chi connectivity index (χ4n) is 3.53. The minimum Gasteiger partial charge on any atom is -0.326 e. The highest BCUT2D eigenvalue weighted by Crippen LogP contribution is 2.27.